The Morgan fingerprint density at radius 1 is 0.964 bits per heavy atom. The van der Waals surface area contributed by atoms with Crippen LogP contribution in [0, 0.1) is 0 Å². The van der Waals surface area contributed by atoms with Crippen LogP contribution < -0.4 is 19.1 Å². The Hall–Kier alpha value is -3.22. The van der Waals surface area contributed by atoms with Gasteiger partial charge in [0.2, 0.25) is 5.91 Å². The van der Waals surface area contributed by atoms with Gasteiger partial charge in [-0.05, 0) is 37.3 Å². The molecule has 2 aromatic rings. The molecular weight excluding hydrogens is 360 g/mol. The predicted molar refractivity (Wildman–Crippen MR) is 105 cm³/mol. The summed E-state index contributed by atoms with van der Waals surface area (Å²) in [6.07, 6.45) is 0. The van der Waals surface area contributed by atoms with Crippen LogP contribution in [0.2, 0.25) is 0 Å². The van der Waals surface area contributed by atoms with Gasteiger partial charge in [0.05, 0.1) is 27.0 Å². The van der Waals surface area contributed by atoms with Crippen LogP contribution in [0.4, 0.5) is 5.69 Å². The molecule has 1 aliphatic heterocycles. The molecule has 28 heavy (non-hydrogen) atoms. The van der Waals surface area contributed by atoms with E-state index in [1.165, 1.54) is 0 Å². The molecule has 1 heterocycles. The number of piperazine rings is 1. The van der Waals surface area contributed by atoms with Crippen molar-refractivity contribution >= 4 is 17.5 Å². The van der Waals surface area contributed by atoms with Crippen LogP contribution in [0.15, 0.2) is 42.5 Å². The van der Waals surface area contributed by atoms with E-state index < -0.39 is 6.04 Å². The van der Waals surface area contributed by atoms with Gasteiger partial charge >= 0.3 is 0 Å². The summed E-state index contributed by atoms with van der Waals surface area (Å²) in [7, 11) is 4.68. The number of hydrogen-bond acceptors (Lipinski definition) is 5. The molecule has 1 fully saturated rings. The average molecular weight is 384 g/mol. The summed E-state index contributed by atoms with van der Waals surface area (Å²) in [6.45, 7) is 2.50. The smallest absolute Gasteiger partial charge is 0.254 e. The molecule has 1 saturated heterocycles. The summed E-state index contributed by atoms with van der Waals surface area (Å²) in [4.78, 5) is 29.2. The van der Waals surface area contributed by atoms with Crippen LogP contribution in [0.25, 0.3) is 0 Å². The molecule has 148 valence electrons. The topological polar surface area (TPSA) is 68.3 Å². The van der Waals surface area contributed by atoms with Crippen LogP contribution in [0.3, 0.4) is 0 Å². The molecule has 0 bridgehead atoms. The van der Waals surface area contributed by atoms with Crippen molar-refractivity contribution in [3.63, 3.8) is 0 Å². The molecule has 0 aliphatic carbocycles. The first-order valence-electron chi connectivity index (χ1n) is 8.98. The van der Waals surface area contributed by atoms with Crippen LogP contribution in [-0.4, -0.2) is 57.2 Å². The van der Waals surface area contributed by atoms with Crippen molar-refractivity contribution in [2.45, 2.75) is 13.0 Å². The van der Waals surface area contributed by atoms with Gasteiger partial charge in [0.25, 0.3) is 5.91 Å². The van der Waals surface area contributed by atoms with Gasteiger partial charge in [0, 0.05) is 24.7 Å². The van der Waals surface area contributed by atoms with E-state index in [9.17, 15) is 9.59 Å². The van der Waals surface area contributed by atoms with E-state index in [2.05, 4.69) is 0 Å². The van der Waals surface area contributed by atoms with Gasteiger partial charge in [-0.3, -0.25) is 9.59 Å². The first kappa shape index (κ1) is 19.5. The van der Waals surface area contributed by atoms with Crippen LogP contribution in [0.1, 0.15) is 17.3 Å². The van der Waals surface area contributed by atoms with E-state index in [-0.39, 0.29) is 11.8 Å². The molecule has 3 rings (SSSR count). The Morgan fingerprint density at radius 3 is 2.36 bits per heavy atom. The second kappa shape index (κ2) is 8.21. The van der Waals surface area contributed by atoms with Crippen molar-refractivity contribution in [1.82, 2.24) is 4.90 Å². The molecule has 0 unspecified atom stereocenters. The Kier molecular flexibility index (Phi) is 5.73. The molecule has 0 saturated carbocycles. The van der Waals surface area contributed by atoms with Crippen molar-refractivity contribution in [3.8, 4) is 17.2 Å². The highest BCUT2D eigenvalue weighted by Crippen LogP contribution is 2.34. The van der Waals surface area contributed by atoms with E-state index in [0.717, 1.165) is 0 Å². The van der Waals surface area contributed by atoms with Crippen molar-refractivity contribution < 1.29 is 23.8 Å². The molecule has 0 spiro atoms. The lowest BCUT2D eigenvalue weighted by molar-refractivity contribution is -0.124. The fourth-order valence-electron chi connectivity index (χ4n) is 3.32. The number of methoxy groups -OCH3 is 3. The van der Waals surface area contributed by atoms with Gasteiger partial charge in [0.1, 0.15) is 23.3 Å². The largest absolute Gasteiger partial charge is 0.497 e. The van der Waals surface area contributed by atoms with Crippen LogP contribution in [0.5, 0.6) is 17.2 Å². The third kappa shape index (κ3) is 3.60. The molecule has 0 N–H and O–H groups in total. The van der Waals surface area contributed by atoms with Crippen molar-refractivity contribution in [3.05, 3.63) is 48.0 Å². The van der Waals surface area contributed by atoms with E-state index in [4.69, 9.17) is 14.2 Å². The number of benzene rings is 2. The highest BCUT2D eigenvalue weighted by Gasteiger charge is 2.36. The van der Waals surface area contributed by atoms with Crippen LogP contribution in [-0.2, 0) is 4.79 Å². The fraction of sp³-hybridized carbons (Fsp3) is 0.333. The number of carbonyl (C=O) groups is 2. The zero-order valence-corrected chi connectivity index (χ0v) is 16.5. The summed E-state index contributed by atoms with van der Waals surface area (Å²) < 4.78 is 15.9. The Labute approximate surface area is 164 Å². The maximum atomic E-state index is 13.1. The minimum Gasteiger partial charge on any atom is -0.497 e. The van der Waals surface area contributed by atoms with Gasteiger partial charge in [-0.1, -0.05) is 6.07 Å². The molecule has 7 heteroatoms. The standard InChI is InChI=1S/C21H24N2O5/c1-14-20(24)23(18-13-17(27-3)8-9-19(18)28-4)11-10-22(14)21(25)15-6-5-7-16(12-15)26-2/h5-9,12-14H,10-11H2,1-4H3/t14-/m1/s1. The molecule has 1 aliphatic rings. The number of carbonyl (C=O) groups excluding carboxylic acids is 2. The minimum absolute atomic E-state index is 0.172. The zero-order chi connectivity index (χ0) is 20.3. The molecule has 2 amide bonds. The number of ether oxygens (including phenoxy) is 3. The molecule has 1 atom stereocenters. The predicted octanol–water partition coefficient (Wildman–Crippen LogP) is 2.59. The average Bonchev–Trinajstić information content (AvgIpc) is 2.74. The third-order valence-corrected chi connectivity index (χ3v) is 4.91. The molecule has 0 aromatic heterocycles. The molecule has 2 aromatic carbocycles. The van der Waals surface area contributed by atoms with Crippen molar-refractivity contribution in [2.24, 2.45) is 0 Å². The van der Waals surface area contributed by atoms with Gasteiger partial charge in [0.15, 0.2) is 0 Å². The second-order valence-electron chi connectivity index (χ2n) is 6.43. The highest BCUT2D eigenvalue weighted by molar-refractivity contribution is 6.04. The first-order valence-corrected chi connectivity index (χ1v) is 8.98. The summed E-state index contributed by atoms with van der Waals surface area (Å²) >= 11 is 0. The lowest BCUT2D eigenvalue weighted by atomic mass is 10.1. The maximum absolute atomic E-state index is 13.1. The van der Waals surface area contributed by atoms with E-state index in [0.29, 0.717) is 41.6 Å². The highest BCUT2D eigenvalue weighted by atomic mass is 16.5. The minimum atomic E-state index is -0.608. The maximum Gasteiger partial charge on any atom is 0.254 e. The monoisotopic (exact) mass is 384 g/mol. The second-order valence-corrected chi connectivity index (χ2v) is 6.43. The summed E-state index contributed by atoms with van der Waals surface area (Å²) in [6, 6.07) is 11.6. The molecule has 7 nitrogen and oxygen atoms in total. The number of rotatable bonds is 5. The summed E-state index contributed by atoms with van der Waals surface area (Å²) in [5.74, 6) is 1.44. The lowest BCUT2D eigenvalue weighted by Crippen LogP contribution is -2.57. The first-order chi connectivity index (χ1) is 13.5. The fourth-order valence-corrected chi connectivity index (χ4v) is 3.32. The zero-order valence-electron chi connectivity index (χ0n) is 16.5. The normalized spacial score (nSPS) is 16.7. The lowest BCUT2D eigenvalue weighted by Gasteiger charge is -2.39. The van der Waals surface area contributed by atoms with Crippen molar-refractivity contribution in [1.29, 1.82) is 0 Å². The van der Waals surface area contributed by atoms with Gasteiger partial charge in [-0.15, -0.1) is 0 Å². The summed E-state index contributed by atoms with van der Waals surface area (Å²) in [5.41, 5.74) is 1.12. The Bertz CT molecular complexity index is 883. The molecular formula is C21H24N2O5. The van der Waals surface area contributed by atoms with E-state index in [1.54, 1.807) is 80.5 Å². The van der Waals surface area contributed by atoms with Gasteiger partial charge in [-0.25, -0.2) is 0 Å². The molecule has 0 radical (unpaired) electrons. The number of amides is 2. The number of hydrogen-bond donors (Lipinski definition) is 0. The van der Waals surface area contributed by atoms with E-state index >= 15 is 0 Å². The Balaban J connectivity index is 1.85. The third-order valence-electron chi connectivity index (χ3n) is 4.91. The SMILES string of the molecule is COc1cccc(C(=O)N2CCN(c3cc(OC)ccc3OC)C(=O)[C@H]2C)c1. The number of anilines is 1. The van der Waals surface area contributed by atoms with E-state index in [1.807, 2.05) is 0 Å². The Morgan fingerprint density at radius 2 is 1.68 bits per heavy atom. The van der Waals surface area contributed by atoms with Gasteiger partial charge in [-0.2, -0.15) is 0 Å². The quantitative estimate of drug-likeness (QED) is 0.793. The number of nitrogens with zero attached hydrogens (tertiary/aromatic N) is 2. The van der Waals surface area contributed by atoms with Crippen LogP contribution >= 0.6 is 0 Å². The summed E-state index contributed by atoms with van der Waals surface area (Å²) in [5, 5.41) is 0. The van der Waals surface area contributed by atoms with Crippen molar-refractivity contribution in [2.75, 3.05) is 39.3 Å². The van der Waals surface area contributed by atoms with Gasteiger partial charge < -0.3 is 24.0 Å².